The normalized spacial score (nSPS) is 11.8. The minimum atomic E-state index is -3.28. The molecule has 0 saturated heterocycles. The van der Waals surface area contributed by atoms with Crippen LogP contribution in [0.5, 0.6) is 0 Å². The minimum absolute atomic E-state index is 0. The van der Waals surface area contributed by atoms with Gasteiger partial charge >= 0.3 is 29.6 Å². The summed E-state index contributed by atoms with van der Waals surface area (Å²) in [6, 6.07) is 0. The zero-order valence-electron chi connectivity index (χ0n) is 8.20. The van der Waals surface area contributed by atoms with E-state index in [0.717, 1.165) is 0 Å². The van der Waals surface area contributed by atoms with E-state index in [2.05, 4.69) is 0 Å². The van der Waals surface area contributed by atoms with E-state index in [-0.39, 0.29) is 53.8 Å². The third-order valence-electron chi connectivity index (χ3n) is 1.12. The van der Waals surface area contributed by atoms with Crippen LogP contribution in [0.2, 0.25) is 0 Å². The Kier molecular flexibility index (Phi) is 9.10. The van der Waals surface area contributed by atoms with Gasteiger partial charge in [-0.1, -0.05) is 27.7 Å². The second-order valence-corrected chi connectivity index (χ2v) is 5.48. The van der Waals surface area contributed by atoms with Crippen molar-refractivity contribution in [1.29, 1.82) is 0 Å². The predicted molar refractivity (Wildman–Crippen MR) is 56.6 cm³/mol. The molecule has 0 radical (unpaired) electrons. The van der Waals surface area contributed by atoms with E-state index in [1.165, 1.54) is 0 Å². The van der Waals surface area contributed by atoms with Gasteiger partial charge in [-0.2, -0.15) is 8.42 Å². The predicted octanol–water partition coefficient (Wildman–Crippen LogP) is 0.996. The molecule has 5 heteroatoms. The van der Waals surface area contributed by atoms with E-state index >= 15 is 0 Å². The monoisotopic (exact) mass is 218 g/mol. The van der Waals surface area contributed by atoms with Gasteiger partial charge in [-0.25, -0.2) is 0 Å². The van der Waals surface area contributed by atoms with Crippen LogP contribution in [-0.2, 0) is 14.3 Å². The SMILES string of the molecule is CC(C)COS(=O)(=O)CC(C)C.[NaH]. The third kappa shape index (κ3) is 10.8. The Balaban J connectivity index is 0. The van der Waals surface area contributed by atoms with Crippen LogP contribution in [0.25, 0.3) is 0 Å². The van der Waals surface area contributed by atoms with E-state index in [0.29, 0.717) is 0 Å². The fourth-order valence-electron chi connectivity index (χ4n) is 0.696. The molecule has 0 heterocycles. The second kappa shape index (κ2) is 7.23. The molecule has 0 aliphatic heterocycles. The van der Waals surface area contributed by atoms with Gasteiger partial charge in [0, 0.05) is 0 Å². The Labute approximate surface area is 104 Å². The second-order valence-electron chi connectivity index (χ2n) is 3.80. The van der Waals surface area contributed by atoms with Gasteiger partial charge in [0.15, 0.2) is 0 Å². The molecular weight excluding hydrogens is 199 g/mol. The molecule has 0 N–H and O–H groups in total. The van der Waals surface area contributed by atoms with E-state index in [1.807, 2.05) is 27.7 Å². The average Bonchev–Trinajstić information content (AvgIpc) is 1.81. The molecule has 0 aromatic heterocycles. The van der Waals surface area contributed by atoms with Crippen LogP contribution in [0.1, 0.15) is 27.7 Å². The van der Waals surface area contributed by atoms with Crippen LogP contribution < -0.4 is 0 Å². The van der Waals surface area contributed by atoms with Gasteiger partial charge in [-0.15, -0.1) is 0 Å². The van der Waals surface area contributed by atoms with Crippen LogP contribution in [-0.4, -0.2) is 50.3 Å². The Morgan fingerprint density at radius 2 is 1.54 bits per heavy atom. The Bertz CT molecular complexity index is 209. The zero-order valence-corrected chi connectivity index (χ0v) is 9.02. The molecule has 0 atom stereocenters. The Morgan fingerprint density at radius 3 is 1.85 bits per heavy atom. The maximum absolute atomic E-state index is 11.1. The van der Waals surface area contributed by atoms with Crippen LogP contribution in [0.15, 0.2) is 0 Å². The van der Waals surface area contributed by atoms with E-state index in [9.17, 15) is 8.42 Å². The average molecular weight is 218 g/mol. The first-order valence-corrected chi connectivity index (χ1v) is 5.78. The van der Waals surface area contributed by atoms with E-state index in [4.69, 9.17) is 4.18 Å². The summed E-state index contributed by atoms with van der Waals surface area (Å²) in [4.78, 5) is 0. The van der Waals surface area contributed by atoms with Gasteiger partial charge in [0.05, 0.1) is 12.4 Å². The molecule has 0 bridgehead atoms. The van der Waals surface area contributed by atoms with Crippen LogP contribution in [0.3, 0.4) is 0 Å². The van der Waals surface area contributed by atoms with Crippen molar-refractivity contribution in [3.05, 3.63) is 0 Å². The van der Waals surface area contributed by atoms with Crippen LogP contribution in [0.4, 0.5) is 0 Å². The summed E-state index contributed by atoms with van der Waals surface area (Å²) in [6.45, 7) is 7.84. The molecule has 0 fully saturated rings. The summed E-state index contributed by atoms with van der Waals surface area (Å²) in [7, 11) is -3.28. The van der Waals surface area contributed by atoms with Gasteiger partial charge in [-0.05, 0) is 11.8 Å². The van der Waals surface area contributed by atoms with Crippen molar-refractivity contribution in [3.63, 3.8) is 0 Å². The first-order valence-electron chi connectivity index (χ1n) is 4.20. The molecule has 0 aliphatic carbocycles. The van der Waals surface area contributed by atoms with Crippen molar-refractivity contribution in [2.45, 2.75) is 27.7 Å². The molecule has 0 spiro atoms. The molecule has 0 saturated carbocycles. The molecule has 0 unspecified atom stereocenters. The summed E-state index contributed by atoms with van der Waals surface area (Å²) in [5.74, 6) is 0.494. The molecule has 0 aromatic carbocycles. The van der Waals surface area contributed by atoms with Crippen molar-refractivity contribution in [2.75, 3.05) is 12.4 Å². The van der Waals surface area contributed by atoms with Crippen LogP contribution in [0, 0.1) is 11.8 Å². The third-order valence-corrected chi connectivity index (χ3v) is 2.69. The van der Waals surface area contributed by atoms with Crippen molar-refractivity contribution in [1.82, 2.24) is 0 Å². The summed E-state index contributed by atoms with van der Waals surface area (Å²) in [6.07, 6.45) is 0. The number of hydrogen-bond donors (Lipinski definition) is 0. The Morgan fingerprint density at radius 1 is 1.08 bits per heavy atom. The molecule has 13 heavy (non-hydrogen) atoms. The molecule has 0 rings (SSSR count). The quantitative estimate of drug-likeness (QED) is 0.510. The molecule has 0 aromatic rings. The van der Waals surface area contributed by atoms with E-state index < -0.39 is 10.1 Å². The van der Waals surface area contributed by atoms with Gasteiger partial charge in [0.1, 0.15) is 0 Å². The molecule has 0 aliphatic rings. The maximum atomic E-state index is 11.1. The Hall–Kier alpha value is 0.910. The summed E-state index contributed by atoms with van der Waals surface area (Å²) >= 11 is 0. The standard InChI is InChI=1S/C8H18O3S.Na.H/c1-7(2)5-11-12(9,10)6-8(3)4;;/h7-8H,5-6H2,1-4H3;;. The molecular formula is C8H19NaO3S. The summed E-state index contributed by atoms with van der Waals surface area (Å²) in [5, 5.41) is 0. The van der Waals surface area contributed by atoms with Gasteiger partial charge < -0.3 is 0 Å². The number of rotatable bonds is 5. The fraction of sp³-hybridized carbons (Fsp3) is 1.00. The fourth-order valence-corrected chi connectivity index (χ4v) is 2.09. The van der Waals surface area contributed by atoms with Crippen LogP contribution >= 0.6 is 0 Å². The number of hydrogen-bond acceptors (Lipinski definition) is 3. The summed E-state index contributed by atoms with van der Waals surface area (Å²) in [5.41, 5.74) is 0. The van der Waals surface area contributed by atoms with Crippen molar-refractivity contribution in [3.8, 4) is 0 Å². The first-order chi connectivity index (χ1) is 5.33. The zero-order chi connectivity index (χ0) is 9.78. The van der Waals surface area contributed by atoms with Crippen molar-refractivity contribution >= 4 is 39.7 Å². The first kappa shape index (κ1) is 16.3. The van der Waals surface area contributed by atoms with Gasteiger partial charge in [-0.3, -0.25) is 4.18 Å². The van der Waals surface area contributed by atoms with Gasteiger partial charge in [0.2, 0.25) is 0 Å². The van der Waals surface area contributed by atoms with Crippen molar-refractivity contribution in [2.24, 2.45) is 11.8 Å². The topological polar surface area (TPSA) is 43.4 Å². The summed E-state index contributed by atoms with van der Waals surface area (Å²) < 4.78 is 27.0. The van der Waals surface area contributed by atoms with Gasteiger partial charge in [0.25, 0.3) is 10.1 Å². The molecule has 3 nitrogen and oxygen atoms in total. The van der Waals surface area contributed by atoms with Crippen molar-refractivity contribution < 1.29 is 12.6 Å². The molecule has 76 valence electrons. The molecule has 0 amide bonds. The van der Waals surface area contributed by atoms with E-state index in [1.54, 1.807) is 0 Å².